The number of rotatable bonds is 3. The van der Waals surface area contributed by atoms with E-state index in [9.17, 15) is 8.78 Å². The SMILES string of the molecule is Cc1cc(Cl)cc2c(Nc3ccc(F)c(F)c3)nc(-c3cccnc3)nc12. The summed E-state index contributed by atoms with van der Waals surface area (Å²) < 4.78 is 26.8. The molecule has 0 aliphatic rings. The van der Waals surface area contributed by atoms with E-state index in [1.165, 1.54) is 6.07 Å². The molecule has 0 saturated carbocycles. The summed E-state index contributed by atoms with van der Waals surface area (Å²) in [7, 11) is 0. The van der Waals surface area contributed by atoms with Gasteiger partial charge in [0.25, 0.3) is 0 Å². The largest absolute Gasteiger partial charge is 0.340 e. The lowest BCUT2D eigenvalue weighted by Gasteiger charge is -2.13. The number of benzene rings is 2. The third kappa shape index (κ3) is 3.44. The smallest absolute Gasteiger partial charge is 0.163 e. The molecule has 2 aromatic carbocycles. The number of anilines is 2. The molecular weight excluding hydrogens is 370 g/mol. The highest BCUT2D eigenvalue weighted by atomic mass is 35.5. The lowest BCUT2D eigenvalue weighted by Crippen LogP contribution is -2.01. The van der Waals surface area contributed by atoms with Crippen LogP contribution in [0.5, 0.6) is 0 Å². The maximum atomic E-state index is 13.6. The summed E-state index contributed by atoms with van der Waals surface area (Å²) in [6.07, 6.45) is 3.32. The first-order chi connectivity index (χ1) is 13.0. The summed E-state index contributed by atoms with van der Waals surface area (Å²) >= 11 is 6.20. The Balaban J connectivity index is 1.92. The highest BCUT2D eigenvalue weighted by Gasteiger charge is 2.13. The number of nitrogens with one attached hydrogen (secondary N) is 1. The summed E-state index contributed by atoms with van der Waals surface area (Å²) in [4.78, 5) is 13.3. The van der Waals surface area contributed by atoms with Crippen LogP contribution in [0.1, 0.15) is 5.56 Å². The summed E-state index contributed by atoms with van der Waals surface area (Å²) in [5, 5.41) is 4.25. The van der Waals surface area contributed by atoms with Crippen LogP contribution in [0, 0.1) is 18.6 Å². The zero-order valence-electron chi connectivity index (χ0n) is 14.2. The first-order valence-corrected chi connectivity index (χ1v) is 8.49. The van der Waals surface area contributed by atoms with Crippen molar-refractivity contribution in [3.63, 3.8) is 0 Å². The van der Waals surface area contributed by atoms with Gasteiger partial charge >= 0.3 is 0 Å². The molecule has 0 radical (unpaired) electrons. The van der Waals surface area contributed by atoms with Crippen LogP contribution in [0.15, 0.2) is 54.9 Å². The third-order valence-corrected chi connectivity index (χ3v) is 4.28. The van der Waals surface area contributed by atoms with Gasteiger partial charge in [0.1, 0.15) is 5.82 Å². The molecule has 4 aromatic rings. The minimum atomic E-state index is -0.944. The summed E-state index contributed by atoms with van der Waals surface area (Å²) in [5.41, 5.74) is 2.68. The monoisotopic (exact) mass is 382 g/mol. The molecule has 0 bridgehead atoms. The van der Waals surface area contributed by atoms with E-state index in [1.54, 1.807) is 24.5 Å². The second-order valence-corrected chi connectivity index (χ2v) is 6.45. The van der Waals surface area contributed by atoms with Gasteiger partial charge in [-0.3, -0.25) is 4.98 Å². The van der Waals surface area contributed by atoms with Crippen LogP contribution < -0.4 is 5.32 Å². The van der Waals surface area contributed by atoms with Gasteiger partial charge < -0.3 is 5.32 Å². The van der Waals surface area contributed by atoms with E-state index in [1.807, 2.05) is 19.1 Å². The number of halogens is 3. The zero-order chi connectivity index (χ0) is 19.0. The third-order valence-electron chi connectivity index (χ3n) is 4.06. The average molecular weight is 383 g/mol. The lowest BCUT2D eigenvalue weighted by molar-refractivity contribution is 0.509. The molecule has 2 heterocycles. The predicted molar refractivity (Wildman–Crippen MR) is 102 cm³/mol. The Kier molecular flexibility index (Phi) is 4.41. The van der Waals surface area contributed by atoms with Gasteiger partial charge in [0.15, 0.2) is 17.5 Å². The molecule has 0 amide bonds. The number of hydrogen-bond acceptors (Lipinski definition) is 4. The van der Waals surface area contributed by atoms with Gasteiger partial charge in [-0.2, -0.15) is 0 Å². The highest BCUT2D eigenvalue weighted by molar-refractivity contribution is 6.31. The van der Waals surface area contributed by atoms with Crippen LogP contribution in [0.25, 0.3) is 22.3 Å². The van der Waals surface area contributed by atoms with E-state index in [0.717, 1.165) is 23.3 Å². The van der Waals surface area contributed by atoms with Crippen molar-refractivity contribution in [2.24, 2.45) is 0 Å². The van der Waals surface area contributed by atoms with Crippen molar-refractivity contribution in [1.82, 2.24) is 15.0 Å². The number of fused-ring (bicyclic) bond motifs is 1. The van der Waals surface area contributed by atoms with Crippen LogP contribution in [0.2, 0.25) is 5.02 Å². The Labute approximate surface area is 158 Å². The van der Waals surface area contributed by atoms with Crippen LogP contribution >= 0.6 is 11.6 Å². The van der Waals surface area contributed by atoms with Crippen molar-refractivity contribution >= 4 is 34.0 Å². The van der Waals surface area contributed by atoms with Gasteiger partial charge in [0.2, 0.25) is 0 Å². The van der Waals surface area contributed by atoms with Gasteiger partial charge in [-0.25, -0.2) is 18.7 Å². The molecule has 0 spiro atoms. The van der Waals surface area contributed by atoms with Crippen molar-refractivity contribution in [2.75, 3.05) is 5.32 Å². The van der Waals surface area contributed by atoms with E-state index in [4.69, 9.17) is 11.6 Å². The van der Waals surface area contributed by atoms with E-state index in [-0.39, 0.29) is 0 Å². The van der Waals surface area contributed by atoms with Crippen LogP contribution in [-0.4, -0.2) is 15.0 Å². The van der Waals surface area contributed by atoms with Gasteiger partial charge in [-0.1, -0.05) is 11.6 Å². The summed E-state index contributed by atoms with van der Waals surface area (Å²) in [5.74, 6) is -0.954. The first-order valence-electron chi connectivity index (χ1n) is 8.11. The second-order valence-electron chi connectivity index (χ2n) is 6.01. The molecular formula is C20H13ClF2N4. The number of aryl methyl sites for hydroxylation is 1. The molecule has 0 fully saturated rings. The molecule has 27 heavy (non-hydrogen) atoms. The second kappa shape index (κ2) is 6.89. The predicted octanol–water partition coefficient (Wildman–Crippen LogP) is 5.68. The van der Waals surface area contributed by atoms with E-state index in [0.29, 0.717) is 33.3 Å². The van der Waals surface area contributed by atoms with Crippen LogP contribution in [-0.2, 0) is 0 Å². The average Bonchev–Trinajstić information content (AvgIpc) is 2.66. The highest BCUT2D eigenvalue weighted by Crippen LogP contribution is 2.31. The number of nitrogens with zero attached hydrogens (tertiary/aromatic N) is 3. The van der Waals surface area contributed by atoms with E-state index < -0.39 is 11.6 Å². The summed E-state index contributed by atoms with van der Waals surface area (Å²) in [6, 6.07) is 10.8. The molecule has 0 atom stereocenters. The maximum Gasteiger partial charge on any atom is 0.163 e. The standard InChI is InChI=1S/C20H13ClF2N4/c1-11-7-13(21)8-15-18(11)26-19(12-3-2-6-24-10-12)27-20(15)25-14-4-5-16(22)17(23)9-14/h2-10H,1H3,(H,25,26,27). The first kappa shape index (κ1) is 17.3. The Morgan fingerprint density at radius 1 is 1.00 bits per heavy atom. The summed E-state index contributed by atoms with van der Waals surface area (Å²) in [6.45, 7) is 1.90. The molecule has 0 saturated heterocycles. The molecule has 134 valence electrons. The molecule has 4 nitrogen and oxygen atoms in total. The quantitative estimate of drug-likeness (QED) is 0.495. The minimum Gasteiger partial charge on any atom is -0.340 e. The molecule has 1 N–H and O–H groups in total. The fourth-order valence-corrected chi connectivity index (χ4v) is 3.06. The minimum absolute atomic E-state index is 0.365. The Morgan fingerprint density at radius 2 is 1.85 bits per heavy atom. The van der Waals surface area contributed by atoms with Crippen molar-refractivity contribution < 1.29 is 8.78 Å². The van der Waals surface area contributed by atoms with Crippen molar-refractivity contribution in [3.05, 3.63) is 77.1 Å². The molecule has 0 aliphatic carbocycles. The van der Waals surface area contributed by atoms with Crippen LogP contribution in [0.3, 0.4) is 0 Å². The Bertz CT molecular complexity index is 1150. The molecule has 4 rings (SSSR count). The Hall–Kier alpha value is -3.12. The fourth-order valence-electron chi connectivity index (χ4n) is 2.79. The zero-order valence-corrected chi connectivity index (χ0v) is 14.9. The van der Waals surface area contributed by atoms with E-state index >= 15 is 0 Å². The number of pyridine rings is 1. The van der Waals surface area contributed by atoms with Gasteiger partial charge in [-0.05, 0) is 48.9 Å². The molecule has 0 unspecified atom stereocenters. The van der Waals surface area contributed by atoms with Crippen molar-refractivity contribution in [1.29, 1.82) is 0 Å². The van der Waals surface area contributed by atoms with Gasteiger partial charge in [-0.15, -0.1) is 0 Å². The molecule has 2 aromatic heterocycles. The maximum absolute atomic E-state index is 13.6. The Morgan fingerprint density at radius 3 is 2.59 bits per heavy atom. The molecule has 0 aliphatic heterocycles. The number of hydrogen-bond donors (Lipinski definition) is 1. The fraction of sp³-hybridized carbons (Fsp3) is 0.0500. The lowest BCUT2D eigenvalue weighted by atomic mass is 10.1. The van der Waals surface area contributed by atoms with E-state index in [2.05, 4.69) is 20.3 Å². The normalized spacial score (nSPS) is 11.0. The topological polar surface area (TPSA) is 50.7 Å². The van der Waals surface area contributed by atoms with Crippen molar-refractivity contribution in [2.45, 2.75) is 6.92 Å². The number of aromatic nitrogens is 3. The van der Waals surface area contributed by atoms with Gasteiger partial charge in [0.05, 0.1) is 5.52 Å². The van der Waals surface area contributed by atoms with Crippen molar-refractivity contribution in [3.8, 4) is 11.4 Å². The van der Waals surface area contributed by atoms with Gasteiger partial charge in [0, 0.05) is 40.1 Å². The van der Waals surface area contributed by atoms with Crippen LogP contribution in [0.4, 0.5) is 20.3 Å². The molecule has 7 heteroatoms.